The molecule has 0 spiro atoms. The van der Waals surface area contributed by atoms with Crippen LogP contribution in [0.15, 0.2) is 35.7 Å². The molecule has 0 atom stereocenters. The first-order valence-corrected chi connectivity index (χ1v) is 11.0. The molecule has 1 saturated heterocycles. The predicted octanol–water partition coefficient (Wildman–Crippen LogP) is 1.85. The molecule has 1 N–H and O–H groups in total. The van der Waals surface area contributed by atoms with Crippen molar-refractivity contribution in [1.82, 2.24) is 24.9 Å². The van der Waals surface area contributed by atoms with Crippen molar-refractivity contribution in [3.8, 4) is 0 Å². The summed E-state index contributed by atoms with van der Waals surface area (Å²) in [4.78, 5) is 14.2. The SMILES string of the molecule is Cn1nccc1S(=O)(=O)C1(C2CCN(C(=O)Nc3ccnnc3)CC2)CCC1. The molecule has 2 fully saturated rings. The number of carbonyl (C=O) groups excluding carboxylic acids is 1. The van der Waals surface area contributed by atoms with Gasteiger partial charge in [0.2, 0.25) is 9.84 Å². The highest BCUT2D eigenvalue weighted by Gasteiger charge is 2.55. The van der Waals surface area contributed by atoms with Crippen LogP contribution in [0.1, 0.15) is 32.1 Å². The highest BCUT2D eigenvalue weighted by molar-refractivity contribution is 7.92. The van der Waals surface area contributed by atoms with Gasteiger partial charge >= 0.3 is 6.03 Å². The van der Waals surface area contributed by atoms with Gasteiger partial charge in [-0.25, -0.2) is 13.2 Å². The molecule has 150 valence electrons. The molecule has 0 aromatic carbocycles. The van der Waals surface area contributed by atoms with E-state index in [9.17, 15) is 13.2 Å². The third-order valence-electron chi connectivity index (χ3n) is 6.15. The Labute approximate surface area is 164 Å². The second-order valence-corrected chi connectivity index (χ2v) is 9.78. The number of nitrogens with zero attached hydrogens (tertiary/aromatic N) is 5. The third kappa shape index (κ3) is 3.05. The largest absolute Gasteiger partial charge is 0.325 e. The van der Waals surface area contributed by atoms with Gasteiger partial charge in [-0.1, -0.05) is 6.42 Å². The minimum atomic E-state index is -3.47. The van der Waals surface area contributed by atoms with Crippen LogP contribution in [0.25, 0.3) is 0 Å². The standard InChI is InChI=1S/C18H24N6O3S/c1-23-16(4-10-21-23)28(26,27)18(7-2-8-18)14-5-11-24(12-6-14)17(25)22-15-3-9-19-20-13-15/h3-4,9-10,13-14H,2,5-8,11-12H2,1H3,(H,19,22,25). The highest BCUT2D eigenvalue weighted by Crippen LogP contribution is 2.51. The van der Waals surface area contributed by atoms with Crippen molar-refractivity contribution >= 4 is 21.6 Å². The number of rotatable bonds is 4. The molecule has 9 nitrogen and oxygen atoms in total. The number of hydrogen-bond acceptors (Lipinski definition) is 6. The van der Waals surface area contributed by atoms with Crippen LogP contribution in [0.5, 0.6) is 0 Å². The first-order valence-electron chi connectivity index (χ1n) is 9.49. The van der Waals surface area contributed by atoms with E-state index in [0.717, 1.165) is 6.42 Å². The van der Waals surface area contributed by atoms with E-state index in [1.54, 1.807) is 24.1 Å². The first kappa shape index (κ1) is 18.9. The summed E-state index contributed by atoms with van der Waals surface area (Å²) in [5, 5.41) is 14.6. The molecule has 28 heavy (non-hydrogen) atoms. The lowest BCUT2D eigenvalue weighted by molar-refractivity contribution is 0.136. The van der Waals surface area contributed by atoms with Crippen molar-refractivity contribution < 1.29 is 13.2 Å². The van der Waals surface area contributed by atoms with Crippen molar-refractivity contribution in [2.75, 3.05) is 18.4 Å². The number of sulfone groups is 1. The molecule has 3 heterocycles. The average molecular weight is 404 g/mol. The molecule has 2 amide bonds. The van der Waals surface area contributed by atoms with E-state index in [1.165, 1.54) is 23.3 Å². The van der Waals surface area contributed by atoms with Crippen LogP contribution in [0.2, 0.25) is 0 Å². The van der Waals surface area contributed by atoms with Gasteiger partial charge in [0.1, 0.15) is 0 Å². The molecule has 1 saturated carbocycles. The van der Waals surface area contributed by atoms with Crippen LogP contribution >= 0.6 is 0 Å². The summed E-state index contributed by atoms with van der Waals surface area (Å²) in [5.41, 5.74) is 0.594. The Bertz CT molecular complexity index is 947. The quantitative estimate of drug-likeness (QED) is 0.833. The fourth-order valence-corrected chi connectivity index (χ4v) is 6.98. The van der Waals surface area contributed by atoms with Crippen molar-refractivity contribution in [3.05, 3.63) is 30.7 Å². The smallest absolute Gasteiger partial charge is 0.321 e. The number of likely N-dealkylation sites (tertiary alicyclic amines) is 1. The van der Waals surface area contributed by atoms with E-state index in [1.807, 2.05) is 0 Å². The average Bonchev–Trinajstić information content (AvgIpc) is 3.09. The van der Waals surface area contributed by atoms with Gasteiger partial charge in [0.25, 0.3) is 0 Å². The summed E-state index contributed by atoms with van der Waals surface area (Å²) in [7, 11) is -1.80. The number of carbonyl (C=O) groups is 1. The molecule has 4 rings (SSSR count). The summed E-state index contributed by atoms with van der Waals surface area (Å²) in [6.07, 6.45) is 8.19. The van der Waals surface area contributed by atoms with Crippen LogP contribution in [-0.4, -0.2) is 57.2 Å². The first-order chi connectivity index (χ1) is 13.4. The Morgan fingerprint density at radius 1 is 1.18 bits per heavy atom. The lowest BCUT2D eigenvalue weighted by Crippen LogP contribution is -2.55. The Kier molecular flexibility index (Phi) is 4.82. The molecular weight excluding hydrogens is 380 g/mol. The van der Waals surface area contributed by atoms with Gasteiger partial charge in [-0.3, -0.25) is 4.68 Å². The lowest BCUT2D eigenvalue weighted by atomic mass is 9.71. The molecular formula is C18H24N6O3S. The fraction of sp³-hybridized carbons (Fsp3) is 0.556. The molecule has 1 aliphatic heterocycles. The minimum absolute atomic E-state index is 0.0489. The van der Waals surface area contributed by atoms with E-state index >= 15 is 0 Å². The number of aryl methyl sites for hydroxylation is 1. The molecule has 0 radical (unpaired) electrons. The number of piperidine rings is 1. The van der Waals surface area contributed by atoms with Gasteiger partial charge in [0.05, 0.1) is 29.0 Å². The zero-order chi connectivity index (χ0) is 19.8. The highest BCUT2D eigenvalue weighted by atomic mass is 32.2. The number of hydrogen-bond donors (Lipinski definition) is 1. The summed E-state index contributed by atoms with van der Waals surface area (Å²) >= 11 is 0. The van der Waals surface area contributed by atoms with E-state index in [-0.39, 0.29) is 17.0 Å². The van der Waals surface area contributed by atoms with Crippen molar-refractivity contribution in [2.24, 2.45) is 13.0 Å². The third-order valence-corrected chi connectivity index (χ3v) is 8.91. The van der Waals surface area contributed by atoms with Crippen LogP contribution in [0.4, 0.5) is 10.5 Å². The van der Waals surface area contributed by atoms with E-state index in [4.69, 9.17) is 0 Å². The van der Waals surface area contributed by atoms with E-state index in [0.29, 0.717) is 44.5 Å². The molecule has 0 unspecified atom stereocenters. The minimum Gasteiger partial charge on any atom is -0.325 e. The molecule has 1 aliphatic carbocycles. The van der Waals surface area contributed by atoms with Crippen molar-refractivity contribution in [2.45, 2.75) is 41.9 Å². The Morgan fingerprint density at radius 2 is 1.93 bits per heavy atom. The monoisotopic (exact) mass is 404 g/mol. The maximum Gasteiger partial charge on any atom is 0.321 e. The number of nitrogens with one attached hydrogen (secondary N) is 1. The maximum atomic E-state index is 13.4. The number of anilines is 1. The number of urea groups is 1. The Morgan fingerprint density at radius 3 is 2.46 bits per heavy atom. The zero-order valence-corrected chi connectivity index (χ0v) is 16.6. The normalized spacial score (nSPS) is 19.8. The molecule has 2 aromatic rings. The molecule has 10 heteroatoms. The van der Waals surface area contributed by atoms with Gasteiger partial charge in [-0.05, 0) is 43.7 Å². The lowest BCUT2D eigenvalue weighted by Gasteiger charge is -2.49. The van der Waals surface area contributed by atoms with Gasteiger partial charge in [0, 0.05) is 20.1 Å². The van der Waals surface area contributed by atoms with Gasteiger partial charge in [-0.2, -0.15) is 15.3 Å². The molecule has 0 bridgehead atoms. The van der Waals surface area contributed by atoms with Crippen molar-refractivity contribution in [3.63, 3.8) is 0 Å². The Balaban J connectivity index is 1.45. The van der Waals surface area contributed by atoms with E-state index in [2.05, 4.69) is 20.6 Å². The van der Waals surface area contributed by atoms with E-state index < -0.39 is 14.6 Å². The molecule has 2 aliphatic rings. The topological polar surface area (TPSA) is 110 Å². The predicted molar refractivity (Wildman–Crippen MR) is 102 cm³/mol. The van der Waals surface area contributed by atoms with Crippen LogP contribution in [0, 0.1) is 5.92 Å². The second kappa shape index (κ2) is 7.16. The van der Waals surface area contributed by atoms with Gasteiger partial charge < -0.3 is 10.2 Å². The Hall–Kier alpha value is -2.49. The van der Waals surface area contributed by atoms with Crippen LogP contribution in [0.3, 0.4) is 0 Å². The summed E-state index contributed by atoms with van der Waals surface area (Å²) < 4.78 is 27.5. The fourth-order valence-electron chi connectivity index (χ4n) is 4.43. The maximum absolute atomic E-state index is 13.4. The van der Waals surface area contributed by atoms with Gasteiger partial charge in [0.15, 0.2) is 5.03 Å². The number of aromatic nitrogens is 4. The molecule has 2 aromatic heterocycles. The summed E-state index contributed by atoms with van der Waals surface area (Å²) in [5.74, 6) is 0.0489. The van der Waals surface area contributed by atoms with Crippen LogP contribution in [-0.2, 0) is 16.9 Å². The number of amides is 2. The van der Waals surface area contributed by atoms with Gasteiger partial charge in [-0.15, -0.1) is 0 Å². The zero-order valence-electron chi connectivity index (χ0n) is 15.8. The van der Waals surface area contributed by atoms with Crippen LogP contribution < -0.4 is 5.32 Å². The summed E-state index contributed by atoms with van der Waals surface area (Å²) in [6.45, 7) is 1.08. The summed E-state index contributed by atoms with van der Waals surface area (Å²) in [6, 6.07) is 3.07. The second-order valence-electron chi connectivity index (χ2n) is 7.54. The van der Waals surface area contributed by atoms with Crippen molar-refractivity contribution in [1.29, 1.82) is 0 Å².